The Morgan fingerprint density at radius 3 is 1.22 bits per heavy atom. The molecule has 0 saturated heterocycles. The van der Waals surface area contributed by atoms with Crippen LogP contribution >= 0.6 is 11.3 Å². The lowest BCUT2D eigenvalue weighted by Gasteiger charge is -2.11. The Bertz CT molecular complexity index is 4210. The average molecular weight is 847 g/mol. The molecule has 65 heavy (non-hydrogen) atoms. The summed E-state index contributed by atoms with van der Waals surface area (Å²) in [4.78, 5) is 0. The molecule has 0 unspecified atom stereocenters. The lowest BCUT2D eigenvalue weighted by Crippen LogP contribution is -1.94. The number of fused-ring (bicyclic) bond motifs is 17. The van der Waals surface area contributed by atoms with Crippen LogP contribution in [0.1, 0.15) is 0 Å². The molecule has 15 aromatic rings. The molecule has 10 aromatic carbocycles. The Labute approximate surface area is 375 Å². The molecule has 302 valence electrons. The monoisotopic (exact) mass is 846 g/mol. The van der Waals surface area contributed by atoms with Gasteiger partial charge in [-0.15, -0.1) is 11.3 Å². The number of rotatable bonds is 4. The molecule has 0 bridgehead atoms. The molecule has 5 heteroatoms. The van der Waals surface area contributed by atoms with Crippen LogP contribution in [0.2, 0.25) is 0 Å². The molecule has 15 rings (SSSR count). The normalized spacial score (nSPS) is 12.3. The number of para-hydroxylation sites is 6. The molecule has 0 fully saturated rings. The number of hydrogen-bond donors (Lipinski definition) is 0. The van der Waals surface area contributed by atoms with Crippen molar-refractivity contribution in [2.24, 2.45) is 0 Å². The highest BCUT2D eigenvalue weighted by Crippen LogP contribution is 2.48. The van der Waals surface area contributed by atoms with E-state index in [1.807, 2.05) is 23.5 Å². The minimum absolute atomic E-state index is 0.907. The highest BCUT2D eigenvalue weighted by Gasteiger charge is 2.22. The van der Waals surface area contributed by atoms with Gasteiger partial charge in [-0.1, -0.05) is 146 Å². The molecule has 0 saturated carbocycles. The van der Waals surface area contributed by atoms with Crippen LogP contribution in [0.4, 0.5) is 0 Å². The van der Waals surface area contributed by atoms with E-state index in [0.29, 0.717) is 0 Å². The Balaban J connectivity index is 0.931. The van der Waals surface area contributed by atoms with Gasteiger partial charge >= 0.3 is 0 Å². The van der Waals surface area contributed by atoms with Crippen molar-refractivity contribution >= 4 is 119 Å². The van der Waals surface area contributed by atoms with Crippen LogP contribution < -0.4 is 0 Å². The molecular weight excluding hydrogens is 813 g/mol. The molecule has 0 radical (unpaired) electrons. The number of thiophene rings is 1. The Kier molecular flexibility index (Phi) is 7.07. The summed E-state index contributed by atoms with van der Waals surface area (Å²) < 4.78 is 20.5. The van der Waals surface area contributed by atoms with Gasteiger partial charge in [0.25, 0.3) is 0 Å². The molecule has 0 aliphatic heterocycles. The molecule has 5 heterocycles. The van der Waals surface area contributed by atoms with E-state index < -0.39 is 0 Å². The van der Waals surface area contributed by atoms with E-state index in [2.05, 4.69) is 203 Å². The van der Waals surface area contributed by atoms with Crippen molar-refractivity contribution in [3.63, 3.8) is 0 Å². The van der Waals surface area contributed by atoms with Crippen LogP contribution in [0.25, 0.3) is 141 Å². The maximum atomic E-state index is 6.51. The van der Waals surface area contributed by atoms with Crippen molar-refractivity contribution < 1.29 is 8.83 Å². The Morgan fingerprint density at radius 2 is 0.723 bits per heavy atom. The second-order valence-corrected chi connectivity index (χ2v) is 18.2. The van der Waals surface area contributed by atoms with Gasteiger partial charge < -0.3 is 18.0 Å². The Morgan fingerprint density at radius 1 is 0.308 bits per heavy atom. The molecule has 0 aliphatic carbocycles. The van der Waals surface area contributed by atoms with Crippen LogP contribution in [0.5, 0.6) is 0 Å². The third-order valence-electron chi connectivity index (χ3n) is 13.7. The summed E-state index contributed by atoms with van der Waals surface area (Å²) in [5.74, 6) is 0. The first-order valence-corrected chi connectivity index (χ1v) is 22.9. The maximum Gasteiger partial charge on any atom is 0.143 e. The van der Waals surface area contributed by atoms with Gasteiger partial charge in [0.2, 0.25) is 0 Å². The maximum absolute atomic E-state index is 6.51. The van der Waals surface area contributed by atoms with Gasteiger partial charge in [0.15, 0.2) is 0 Å². The van der Waals surface area contributed by atoms with E-state index in [1.54, 1.807) is 0 Å². The first-order chi connectivity index (χ1) is 32.2. The van der Waals surface area contributed by atoms with E-state index in [0.717, 1.165) is 77.5 Å². The van der Waals surface area contributed by atoms with Crippen molar-refractivity contribution in [2.45, 2.75) is 0 Å². The summed E-state index contributed by atoms with van der Waals surface area (Å²) in [7, 11) is 0. The van der Waals surface area contributed by atoms with E-state index in [1.165, 1.54) is 63.8 Å². The number of benzene rings is 10. The lowest BCUT2D eigenvalue weighted by atomic mass is 10.0. The predicted octanol–water partition coefficient (Wildman–Crippen LogP) is 17.4. The highest BCUT2D eigenvalue weighted by atomic mass is 32.1. The average Bonchev–Trinajstić information content (AvgIpc) is 4.18. The highest BCUT2D eigenvalue weighted by molar-refractivity contribution is 7.27. The molecule has 5 aromatic heterocycles. The molecular formula is C60H34N2O2S. The van der Waals surface area contributed by atoms with E-state index in [4.69, 9.17) is 8.83 Å². The zero-order valence-electron chi connectivity index (χ0n) is 34.7. The summed E-state index contributed by atoms with van der Waals surface area (Å²) in [5.41, 5.74) is 15.1. The first kappa shape index (κ1) is 35.1. The van der Waals surface area contributed by atoms with Crippen LogP contribution in [0, 0.1) is 0 Å². The zero-order chi connectivity index (χ0) is 42.3. The summed E-state index contributed by atoms with van der Waals surface area (Å²) in [6.07, 6.45) is 0. The fourth-order valence-electron chi connectivity index (χ4n) is 10.9. The third-order valence-corrected chi connectivity index (χ3v) is 15.0. The number of furan rings is 2. The van der Waals surface area contributed by atoms with Crippen molar-refractivity contribution in [3.8, 4) is 33.6 Å². The summed E-state index contributed by atoms with van der Waals surface area (Å²) in [6.45, 7) is 0. The van der Waals surface area contributed by atoms with E-state index in [-0.39, 0.29) is 0 Å². The second-order valence-electron chi connectivity index (χ2n) is 17.1. The number of nitrogens with zero attached hydrogens (tertiary/aromatic N) is 2. The molecule has 0 amide bonds. The van der Waals surface area contributed by atoms with Gasteiger partial charge in [0.05, 0.1) is 22.1 Å². The van der Waals surface area contributed by atoms with E-state index >= 15 is 0 Å². The van der Waals surface area contributed by atoms with E-state index in [9.17, 15) is 0 Å². The minimum Gasteiger partial charge on any atom is -0.455 e. The van der Waals surface area contributed by atoms with Gasteiger partial charge in [-0.2, -0.15) is 0 Å². The summed E-state index contributed by atoms with van der Waals surface area (Å²) in [5, 5.41) is 12.2. The van der Waals surface area contributed by atoms with Gasteiger partial charge in [-0.25, -0.2) is 0 Å². The summed E-state index contributed by atoms with van der Waals surface area (Å²) in [6, 6.07) is 74.5. The van der Waals surface area contributed by atoms with Gasteiger partial charge in [-0.05, 0) is 71.8 Å². The van der Waals surface area contributed by atoms with Crippen molar-refractivity contribution in [1.82, 2.24) is 9.13 Å². The van der Waals surface area contributed by atoms with Crippen LogP contribution in [-0.2, 0) is 0 Å². The van der Waals surface area contributed by atoms with Gasteiger partial charge in [0.1, 0.15) is 22.3 Å². The third kappa shape index (κ3) is 4.85. The zero-order valence-corrected chi connectivity index (χ0v) is 35.6. The minimum atomic E-state index is 0.907. The van der Waals surface area contributed by atoms with Crippen LogP contribution in [0.3, 0.4) is 0 Å². The number of hydrogen-bond acceptors (Lipinski definition) is 3. The van der Waals surface area contributed by atoms with Crippen molar-refractivity contribution in [2.75, 3.05) is 0 Å². The predicted molar refractivity (Wildman–Crippen MR) is 273 cm³/mol. The van der Waals surface area contributed by atoms with Gasteiger partial charge in [0, 0.05) is 85.8 Å². The second kappa shape index (κ2) is 13.1. The number of aromatic nitrogens is 2. The Hall–Kier alpha value is -8.38. The largest absolute Gasteiger partial charge is 0.455 e. The topological polar surface area (TPSA) is 36.1 Å². The fraction of sp³-hybridized carbons (Fsp3) is 0. The standard InChI is InChI=1S/C60H34N2O2S/c1-5-25-49-47(19-1)55-51(61(49)37-15-9-13-35(33-37)39-21-11-23-43-41-17-3-7-27-53(41)63-57(39)43)31-29-45-46-30-32-52-56(60(46)65-59(45)55)48-20-2-6-26-50(48)62(52)38-16-10-14-36(34-38)40-22-12-24-44-42-18-4-8-28-54(42)64-58(40)44/h1-34H. The SMILES string of the molecule is c1cc(-c2cccc3c2oc2ccccc23)cc(-n2c3ccccc3c3c4sc5c(ccc6c5c5ccccc5n6-c5cccc(-c6cccc7c6oc6ccccc67)c5)c4ccc32)c1. The first-order valence-electron chi connectivity index (χ1n) is 22.1. The summed E-state index contributed by atoms with van der Waals surface area (Å²) >= 11 is 1.92. The molecule has 4 nitrogen and oxygen atoms in total. The van der Waals surface area contributed by atoms with Crippen LogP contribution in [0.15, 0.2) is 215 Å². The molecule has 0 aliphatic rings. The molecule has 0 spiro atoms. The fourth-order valence-corrected chi connectivity index (χ4v) is 12.3. The lowest BCUT2D eigenvalue weighted by molar-refractivity contribution is 0.669. The van der Waals surface area contributed by atoms with Crippen molar-refractivity contribution in [1.29, 1.82) is 0 Å². The molecule has 0 N–H and O–H groups in total. The van der Waals surface area contributed by atoms with Crippen molar-refractivity contribution in [3.05, 3.63) is 206 Å². The van der Waals surface area contributed by atoms with Gasteiger partial charge in [-0.3, -0.25) is 0 Å². The molecule has 0 atom stereocenters. The smallest absolute Gasteiger partial charge is 0.143 e. The van der Waals surface area contributed by atoms with Crippen LogP contribution in [-0.4, -0.2) is 9.13 Å². The quantitative estimate of drug-likeness (QED) is 0.177.